The zero-order valence-corrected chi connectivity index (χ0v) is 20.2. The van der Waals surface area contributed by atoms with Crippen LogP contribution in [0, 0.1) is 28.4 Å². The third kappa shape index (κ3) is 4.31. The first-order valence-electron chi connectivity index (χ1n) is 11.1. The van der Waals surface area contributed by atoms with Crippen molar-refractivity contribution in [2.45, 2.75) is 44.1 Å². The predicted molar refractivity (Wildman–Crippen MR) is 129 cm³/mol. The molecular formula is C26H27Cl2F2N3. The molecule has 1 saturated heterocycles. The summed E-state index contributed by atoms with van der Waals surface area (Å²) in [5, 5.41) is 17.7. The van der Waals surface area contributed by atoms with Crippen LogP contribution in [0.25, 0.3) is 0 Å². The number of nitrogens with one attached hydrogen (secondary N) is 2. The zero-order chi connectivity index (χ0) is 23.8. The van der Waals surface area contributed by atoms with Gasteiger partial charge in [-0.25, -0.2) is 8.78 Å². The van der Waals surface area contributed by atoms with E-state index in [1.54, 1.807) is 24.3 Å². The Morgan fingerprint density at radius 1 is 1.21 bits per heavy atom. The molecule has 1 fully saturated rings. The second kappa shape index (κ2) is 9.35. The summed E-state index contributed by atoms with van der Waals surface area (Å²) in [7, 11) is 0. The van der Waals surface area contributed by atoms with Crippen molar-refractivity contribution in [1.82, 2.24) is 10.6 Å². The maximum Gasteiger partial charge on any atom is 0.145 e. The van der Waals surface area contributed by atoms with E-state index in [4.69, 9.17) is 23.2 Å². The number of benzene rings is 2. The highest BCUT2D eigenvalue weighted by Gasteiger charge is 2.55. The standard InChI is InChI=1S/C26H27Cl2F2N3/c1-25(2,16-8-10-32-11-9-16)13-23-26(15-31,19-7-6-17(27)12-22(19)29)20(14-33-23)18-4-3-5-21(28)24(18)30/h3-8,12,20,23,32-33H,9-11,13-14H2,1-2H3. The maximum atomic E-state index is 15.4. The van der Waals surface area contributed by atoms with Crippen LogP contribution < -0.4 is 10.6 Å². The van der Waals surface area contributed by atoms with Gasteiger partial charge in [0.1, 0.15) is 17.0 Å². The summed E-state index contributed by atoms with van der Waals surface area (Å²) >= 11 is 12.1. The van der Waals surface area contributed by atoms with Crippen molar-refractivity contribution >= 4 is 23.2 Å². The van der Waals surface area contributed by atoms with Crippen LogP contribution in [0.4, 0.5) is 8.78 Å². The van der Waals surface area contributed by atoms with Crippen molar-refractivity contribution in [3.05, 3.63) is 80.9 Å². The van der Waals surface area contributed by atoms with Crippen molar-refractivity contribution in [3.8, 4) is 6.07 Å². The molecule has 2 aliphatic rings. The van der Waals surface area contributed by atoms with E-state index in [1.807, 2.05) is 0 Å². The van der Waals surface area contributed by atoms with Gasteiger partial charge < -0.3 is 10.6 Å². The van der Waals surface area contributed by atoms with Crippen LogP contribution in [0.2, 0.25) is 10.0 Å². The molecule has 2 N–H and O–H groups in total. The minimum Gasteiger partial charge on any atom is -0.313 e. The van der Waals surface area contributed by atoms with E-state index in [1.165, 1.54) is 17.7 Å². The van der Waals surface area contributed by atoms with Crippen LogP contribution in [-0.2, 0) is 5.41 Å². The molecule has 2 aromatic carbocycles. The second-order valence-corrected chi connectivity index (χ2v) is 10.4. The van der Waals surface area contributed by atoms with E-state index in [2.05, 4.69) is 36.6 Å². The van der Waals surface area contributed by atoms with Crippen LogP contribution in [0.3, 0.4) is 0 Å². The molecule has 0 saturated carbocycles. The van der Waals surface area contributed by atoms with E-state index < -0.39 is 29.0 Å². The van der Waals surface area contributed by atoms with Crippen LogP contribution >= 0.6 is 23.2 Å². The summed E-state index contributed by atoms with van der Waals surface area (Å²) < 4.78 is 30.5. The highest BCUT2D eigenvalue weighted by Crippen LogP contribution is 2.51. The molecular weight excluding hydrogens is 463 g/mol. The Kier molecular flexibility index (Phi) is 6.85. The van der Waals surface area contributed by atoms with Gasteiger partial charge in [-0.2, -0.15) is 5.26 Å². The highest BCUT2D eigenvalue weighted by atomic mass is 35.5. The Labute approximate surface area is 203 Å². The number of hydrogen-bond donors (Lipinski definition) is 2. The van der Waals surface area contributed by atoms with Crippen molar-refractivity contribution in [3.63, 3.8) is 0 Å². The molecule has 2 aromatic rings. The number of hydrogen-bond acceptors (Lipinski definition) is 3. The van der Waals surface area contributed by atoms with Gasteiger partial charge >= 0.3 is 0 Å². The molecule has 4 rings (SSSR count). The first kappa shape index (κ1) is 24.2. The number of nitriles is 1. The average molecular weight is 490 g/mol. The van der Waals surface area contributed by atoms with E-state index in [0.29, 0.717) is 18.5 Å². The Balaban J connectivity index is 1.85. The van der Waals surface area contributed by atoms with Crippen LogP contribution in [-0.4, -0.2) is 25.7 Å². The van der Waals surface area contributed by atoms with Gasteiger partial charge in [0.2, 0.25) is 0 Å². The molecule has 0 amide bonds. The van der Waals surface area contributed by atoms with Crippen molar-refractivity contribution in [2.24, 2.45) is 5.41 Å². The predicted octanol–water partition coefficient (Wildman–Crippen LogP) is 6.12. The Hall–Kier alpha value is -1.97. The van der Waals surface area contributed by atoms with Crippen molar-refractivity contribution < 1.29 is 8.78 Å². The molecule has 0 spiro atoms. The average Bonchev–Trinajstić information content (AvgIpc) is 3.14. The molecule has 0 aliphatic carbocycles. The van der Waals surface area contributed by atoms with Gasteiger partial charge in [0.15, 0.2) is 0 Å². The van der Waals surface area contributed by atoms with Gasteiger partial charge in [-0.1, -0.05) is 66.9 Å². The Morgan fingerprint density at radius 2 is 2.00 bits per heavy atom. The molecule has 33 heavy (non-hydrogen) atoms. The summed E-state index contributed by atoms with van der Waals surface area (Å²) in [6, 6.07) is 11.2. The summed E-state index contributed by atoms with van der Waals surface area (Å²) in [6.07, 6.45) is 3.71. The van der Waals surface area contributed by atoms with Gasteiger partial charge in [0.05, 0.1) is 11.1 Å². The molecule has 0 radical (unpaired) electrons. The summed E-state index contributed by atoms with van der Waals surface area (Å²) in [5.74, 6) is -1.76. The second-order valence-electron chi connectivity index (χ2n) is 9.53. The fraction of sp³-hybridized carbons (Fsp3) is 0.423. The van der Waals surface area contributed by atoms with Gasteiger partial charge in [0, 0.05) is 35.6 Å². The third-order valence-corrected chi connectivity index (χ3v) is 7.76. The quantitative estimate of drug-likeness (QED) is 0.497. The molecule has 7 heteroatoms. The minimum absolute atomic E-state index is 0.0143. The summed E-state index contributed by atoms with van der Waals surface area (Å²) in [6.45, 7) is 6.34. The van der Waals surface area contributed by atoms with Crippen molar-refractivity contribution in [2.75, 3.05) is 19.6 Å². The monoisotopic (exact) mass is 489 g/mol. The first-order chi connectivity index (χ1) is 15.7. The molecule has 0 aromatic heterocycles. The maximum absolute atomic E-state index is 15.4. The molecule has 3 atom stereocenters. The lowest BCUT2D eigenvalue weighted by molar-refractivity contribution is 0.286. The fourth-order valence-electron chi connectivity index (χ4n) is 5.50. The highest BCUT2D eigenvalue weighted by molar-refractivity contribution is 6.31. The molecule has 3 nitrogen and oxygen atoms in total. The lowest BCUT2D eigenvalue weighted by Gasteiger charge is -2.40. The molecule has 2 aliphatic heterocycles. The topological polar surface area (TPSA) is 47.9 Å². The summed E-state index contributed by atoms with van der Waals surface area (Å²) in [5.41, 5.74) is 0.275. The van der Waals surface area contributed by atoms with Crippen LogP contribution in [0.5, 0.6) is 0 Å². The van der Waals surface area contributed by atoms with Gasteiger partial charge in [-0.15, -0.1) is 0 Å². The Bertz CT molecular complexity index is 1130. The smallest absolute Gasteiger partial charge is 0.145 e. The van der Waals surface area contributed by atoms with E-state index >= 15 is 8.78 Å². The van der Waals surface area contributed by atoms with Gasteiger partial charge in [0.25, 0.3) is 0 Å². The SMILES string of the molecule is CC(C)(CC1NCC(c2cccc(Cl)c2F)C1(C#N)c1ccc(Cl)cc1F)C1=CCNCC1. The number of rotatable bonds is 5. The van der Waals surface area contributed by atoms with Crippen LogP contribution in [0.1, 0.15) is 43.7 Å². The normalized spacial score (nSPS) is 25.5. The van der Waals surface area contributed by atoms with E-state index in [0.717, 1.165) is 19.5 Å². The van der Waals surface area contributed by atoms with Gasteiger partial charge in [-0.05, 0) is 48.6 Å². The first-order valence-corrected chi connectivity index (χ1v) is 11.9. The van der Waals surface area contributed by atoms with E-state index in [9.17, 15) is 5.26 Å². The number of halogens is 4. The fourth-order valence-corrected chi connectivity index (χ4v) is 5.84. The minimum atomic E-state index is -1.34. The lowest BCUT2D eigenvalue weighted by atomic mass is 9.62. The lowest BCUT2D eigenvalue weighted by Crippen LogP contribution is -2.45. The molecule has 0 bridgehead atoms. The largest absolute Gasteiger partial charge is 0.313 e. The van der Waals surface area contributed by atoms with Crippen LogP contribution in [0.15, 0.2) is 48.0 Å². The Morgan fingerprint density at radius 3 is 2.67 bits per heavy atom. The molecule has 174 valence electrons. The molecule has 2 heterocycles. The van der Waals surface area contributed by atoms with Gasteiger partial charge in [-0.3, -0.25) is 0 Å². The molecule has 3 unspecified atom stereocenters. The summed E-state index contributed by atoms with van der Waals surface area (Å²) in [4.78, 5) is 0. The number of nitrogens with zero attached hydrogens (tertiary/aromatic N) is 1. The van der Waals surface area contributed by atoms with E-state index in [-0.39, 0.29) is 21.0 Å². The van der Waals surface area contributed by atoms with Crippen molar-refractivity contribution in [1.29, 1.82) is 5.26 Å². The third-order valence-electron chi connectivity index (χ3n) is 7.23. The zero-order valence-electron chi connectivity index (χ0n) is 18.7.